The number of aromatic nitrogens is 2. The molecule has 1 saturated carbocycles. The number of benzene rings is 2. The van der Waals surface area contributed by atoms with Gasteiger partial charge in [0.15, 0.2) is 18.3 Å². The minimum absolute atomic E-state index is 0.369. The fourth-order valence-electron chi connectivity index (χ4n) is 3.43. The molecule has 6 nitrogen and oxygen atoms in total. The highest BCUT2D eigenvalue weighted by molar-refractivity contribution is 5.87. The fraction of sp³-hybridized carbons (Fsp3) is 0.250. The minimum atomic E-state index is -0.369. The van der Waals surface area contributed by atoms with Crippen LogP contribution in [0, 0.1) is 6.92 Å². The number of carbonyl (C=O) groups excluding carboxylic acids is 1. The smallest absolute Gasteiger partial charge is 0.258 e. The first kappa shape index (κ1) is 15.1. The highest BCUT2D eigenvalue weighted by Crippen LogP contribution is 2.40. The lowest BCUT2D eigenvalue weighted by atomic mass is 9.96. The largest absolute Gasteiger partial charge is 0.358 e. The van der Waals surface area contributed by atoms with E-state index in [0.717, 1.165) is 58.6 Å². The number of nitrogens with one attached hydrogen (secondary N) is 2. The standard InChI is InChI=1S/C20H18N4O2/c1-11-14(13-7-8-16-17(9-13)22-18(10-25)21-16)3-2-4-15(11)20-23-19(24-26-20)12-5-6-12/h2-4,7-10,12,18,21-22H,5-6H2,1H3. The molecular weight excluding hydrogens is 328 g/mol. The molecule has 0 radical (unpaired) electrons. The molecule has 1 aliphatic carbocycles. The van der Waals surface area contributed by atoms with Gasteiger partial charge in [-0.3, -0.25) is 4.79 Å². The maximum Gasteiger partial charge on any atom is 0.258 e. The first-order valence-electron chi connectivity index (χ1n) is 8.79. The molecule has 130 valence electrons. The van der Waals surface area contributed by atoms with Gasteiger partial charge in [-0.15, -0.1) is 0 Å². The van der Waals surface area contributed by atoms with E-state index in [1.165, 1.54) is 0 Å². The molecule has 0 spiro atoms. The van der Waals surface area contributed by atoms with Gasteiger partial charge in [0.1, 0.15) is 0 Å². The van der Waals surface area contributed by atoms with Crippen LogP contribution in [0.25, 0.3) is 22.6 Å². The zero-order valence-corrected chi connectivity index (χ0v) is 14.3. The van der Waals surface area contributed by atoms with Gasteiger partial charge in [-0.2, -0.15) is 4.98 Å². The van der Waals surface area contributed by atoms with E-state index in [1.54, 1.807) is 0 Å². The summed E-state index contributed by atoms with van der Waals surface area (Å²) in [5.74, 6) is 1.86. The highest BCUT2D eigenvalue weighted by atomic mass is 16.5. The Bertz CT molecular complexity index is 1010. The molecule has 2 heterocycles. The molecule has 6 heteroatoms. The second kappa shape index (κ2) is 5.69. The average molecular weight is 346 g/mol. The second-order valence-electron chi connectivity index (χ2n) is 6.87. The zero-order valence-electron chi connectivity index (χ0n) is 14.3. The van der Waals surface area contributed by atoms with Crippen LogP contribution in [0.5, 0.6) is 0 Å². The van der Waals surface area contributed by atoms with Gasteiger partial charge in [0.25, 0.3) is 5.89 Å². The quantitative estimate of drug-likeness (QED) is 0.696. The molecule has 0 saturated heterocycles. The summed E-state index contributed by atoms with van der Waals surface area (Å²) in [5.41, 5.74) is 6.10. The third-order valence-corrected chi connectivity index (χ3v) is 5.04. The summed E-state index contributed by atoms with van der Waals surface area (Å²) < 4.78 is 5.50. The minimum Gasteiger partial charge on any atom is -0.358 e. The number of nitrogens with zero attached hydrogens (tertiary/aromatic N) is 2. The number of fused-ring (bicyclic) bond motifs is 1. The summed E-state index contributed by atoms with van der Waals surface area (Å²) in [4.78, 5) is 15.6. The lowest BCUT2D eigenvalue weighted by Gasteiger charge is -2.10. The lowest BCUT2D eigenvalue weighted by molar-refractivity contribution is -0.107. The molecular formula is C20H18N4O2. The molecule has 0 bridgehead atoms. The van der Waals surface area contributed by atoms with Crippen molar-refractivity contribution in [2.45, 2.75) is 31.8 Å². The maximum atomic E-state index is 11.0. The van der Waals surface area contributed by atoms with Crippen LogP contribution in [0.3, 0.4) is 0 Å². The van der Waals surface area contributed by atoms with Crippen molar-refractivity contribution in [2.24, 2.45) is 0 Å². The Labute approximate surface area is 150 Å². The Morgan fingerprint density at radius 2 is 1.92 bits per heavy atom. The van der Waals surface area contributed by atoms with Crippen molar-refractivity contribution in [3.63, 3.8) is 0 Å². The van der Waals surface area contributed by atoms with Gasteiger partial charge in [0.2, 0.25) is 0 Å². The van der Waals surface area contributed by atoms with Gasteiger partial charge in [0, 0.05) is 11.5 Å². The summed E-state index contributed by atoms with van der Waals surface area (Å²) in [6, 6.07) is 12.2. The molecule has 1 aromatic heterocycles. The first-order chi connectivity index (χ1) is 12.7. The van der Waals surface area contributed by atoms with E-state index in [4.69, 9.17) is 4.52 Å². The number of carbonyl (C=O) groups is 1. The molecule has 3 aromatic rings. The van der Waals surface area contributed by atoms with Gasteiger partial charge in [-0.05, 0) is 54.7 Å². The fourth-order valence-corrected chi connectivity index (χ4v) is 3.43. The predicted molar refractivity (Wildman–Crippen MR) is 99.0 cm³/mol. The molecule has 1 unspecified atom stereocenters. The lowest BCUT2D eigenvalue weighted by Crippen LogP contribution is -2.22. The van der Waals surface area contributed by atoms with E-state index in [9.17, 15) is 4.79 Å². The Kier molecular flexibility index (Phi) is 3.31. The number of rotatable bonds is 4. The van der Waals surface area contributed by atoms with Crippen LogP contribution in [-0.4, -0.2) is 22.6 Å². The molecule has 2 N–H and O–H groups in total. The molecule has 2 aromatic carbocycles. The van der Waals surface area contributed by atoms with Gasteiger partial charge >= 0.3 is 0 Å². The van der Waals surface area contributed by atoms with Crippen LogP contribution in [0.1, 0.15) is 30.1 Å². The molecule has 1 aliphatic heterocycles. The summed E-state index contributed by atoms with van der Waals surface area (Å²) in [5, 5.41) is 10.4. The van der Waals surface area contributed by atoms with E-state index in [-0.39, 0.29) is 6.17 Å². The molecule has 5 rings (SSSR count). The van der Waals surface area contributed by atoms with E-state index in [0.29, 0.717) is 11.8 Å². The van der Waals surface area contributed by atoms with Crippen molar-refractivity contribution in [3.05, 3.63) is 47.8 Å². The third-order valence-electron chi connectivity index (χ3n) is 5.04. The van der Waals surface area contributed by atoms with Gasteiger partial charge in [-0.25, -0.2) is 0 Å². The summed E-state index contributed by atoms with van der Waals surface area (Å²) >= 11 is 0. The van der Waals surface area contributed by atoms with Crippen molar-refractivity contribution in [1.29, 1.82) is 0 Å². The zero-order chi connectivity index (χ0) is 17.7. The van der Waals surface area contributed by atoms with E-state index < -0.39 is 0 Å². The molecule has 0 amide bonds. The Morgan fingerprint density at radius 3 is 2.73 bits per heavy atom. The summed E-state index contributed by atoms with van der Waals surface area (Å²) in [6.07, 6.45) is 2.79. The Morgan fingerprint density at radius 1 is 1.12 bits per heavy atom. The van der Waals surface area contributed by atoms with Crippen LogP contribution >= 0.6 is 0 Å². The SMILES string of the molecule is Cc1c(-c2ccc3c(c2)NC(C=O)N3)cccc1-c1nc(C2CC2)no1. The van der Waals surface area contributed by atoms with Crippen molar-refractivity contribution in [2.75, 3.05) is 10.6 Å². The van der Waals surface area contributed by atoms with Crippen molar-refractivity contribution >= 4 is 17.7 Å². The Hall–Kier alpha value is -3.15. The van der Waals surface area contributed by atoms with E-state index in [2.05, 4.69) is 45.9 Å². The normalized spacial score (nSPS) is 18.1. The Balaban J connectivity index is 1.53. The molecule has 2 aliphatic rings. The van der Waals surface area contributed by atoms with Crippen molar-refractivity contribution in [3.8, 4) is 22.6 Å². The van der Waals surface area contributed by atoms with Gasteiger partial charge in [-0.1, -0.05) is 23.4 Å². The van der Waals surface area contributed by atoms with Crippen LogP contribution < -0.4 is 10.6 Å². The van der Waals surface area contributed by atoms with Crippen molar-refractivity contribution < 1.29 is 9.32 Å². The van der Waals surface area contributed by atoms with Crippen molar-refractivity contribution in [1.82, 2.24) is 10.1 Å². The second-order valence-corrected chi connectivity index (χ2v) is 6.87. The molecule has 26 heavy (non-hydrogen) atoms. The first-order valence-corrected chi connectivity index (χ1v) is 8.79. The van der Waals surface area contributed by atoms with E-state index >= 15 is 0 Å². The molecule has 1 atom stereocenters. The number of hydrogen-bond donors (Lipinski definition) is 2. The van der Waals surface area contributed by atoms with Gasteiger partial charge < -0.3 is 15.2 Å². The third kappa shape index (κ3) is 2.45. The average Bonchev–Trinajstić information content (AvgIpc) is 3.25. The van der Waals surface area contributed by atoms with E-state index in [1.807, 2.05) is 18.2 Å². The molecule has 1 fully saturated rings. The number of aldehydes is 1. The monoisotopic (exact) mass is 346 g/mol. The maximum absolute atomic E-state index is 11.0. The van der Waals surface area contributed by atoms with Crippen LogP contribution in [0.4, 0.5) is 11.4 Å². The van der Waals surface area contributed by atoms with Gasteiger partial charge in [0.05, 0.1) is 11.4 Å². The van der Waals surface area contributed by atoms with Crippen LogP contribution in [-0.2, 0) is 4.79 Å². The van der Waals surface area contributed by atoms with Crippen LogP contribution in [0.2, 0.25) is 0 Å². The summed E-state index contributed by atoms with van der Waals surface area (Å²) in [6.45, 7) is 2.07. The highest BCUT2D eigenvalue weighted by Gasteiger charge is 2.29. The topological polar surface area (TPSA) is 80.0 Å². The number of anilines is 2. The predicted octanol–water partition coefficient (Wildman–Crippen LogP) is 3.95. The number of hydrogen-bond acceptors (Lipinski definition) is 6. The summed E-state index contributed by atoms with van der Waals surface area (Å²) in [7, 11) is 0. The van der Waals surface area contributed by atoms with Crippen LogP contribution in [0.15, 0.2) is 40.9 Å².